The number of rotatable bonds is 7. The summed E-state index contributed by atoms with van der Waals surface area (Å²) in [5.41, 5.74) is 1.10. The van der Waals surface area contributed by atoms with E-state index in [0.29, 0.717) is 28.8 Å². The molecule has 0 spiro atoms. The Hall–Kier alpha value is -3.80. The van der Waals surface area contributed by atoms with Gasteiger partial charge in [0.2, 0.25) is 0 Å². The highest BCUT2D eigenvalue weighted by Gasteiger charge is 2.27. The van der Waals surface area contributed by atoms with Gasteiger partial charge >= 0.3 is 12.0 Å². The van der Waals surface area contributed by atoms with Crippen LogP contribution in [0, 0.1) is 11.6 Å². The highest BCUT2D eigenvalue weighted by atomic mass is 32.2. The van der Waals surface area contributed by atoms with Crippen molar-refractivity contribution in [3.8, 4) is 17.1 Å². The molecule has 1 saturated heterocycles. The summed E-state index contributed by atoms with van der Waals surface area (Å²) < 4.78 is 33.4. The summed E-state index contributed by atoms with van der Waals surface area (Å²) in [6, 6.07) is 10.7. The number of carbonyl (C=O) groups excluding carboxylic acids is 3. The van der Waals surface area contributed by atoms with Crippen LogP contribution < -0.4 is 5.32 Å². The molecule has 0 radical (unpaired) electrons. The first kappa shape index (κ1) is 22.4. The van der Waals surface area contributed by atoms with Crippen LogP contribution in [0.25, 0.3) is 17.1 Å². The predicted octanol–water partition coefficient (Wildman–Crippen LogP) is 2.40. The number of ether oxygens (including phenoxy) is 1. The van der Waals surface area contributed by atoms with Gasteiger partial charge in [-0.2, -0.15) is 0 Å². The third-order valence-electron chi connectivity index (χ3n) is 4.65. The molecule has 1 fully saturated rings. The fourth-order valence-corrected chi connectivity index (χ4v) is 3.82. The van der Waals surface area contributed by atoms with Crippen molar-refractivity contribution in [2.75, 3.05) is 25.4 Å². The van der Waals surface area contributed by atoms with E-state index in [2.05, 4.69) is 15.5 Å². The molecular formula is C21H17F2N5O4S. The first-order chi connectivity index (χ1) is 15.9. The van der Waals surface area contributed by atoms with Gasteiger partial charge in [0, 0.05) is 24.3 Å². The molecule has 1 aliphatic rings. The molecule has 1 N–H and O–H groups in total. The molecule has 0 bridgehead atoms. The lowest BCUT2D eigenvalue weighted by Crippen LogP contribution is -2.37. The molecule has 2 heterocycles. The molecule has 1 aromatic heterocycles. The lowest BCUT2D eigenvalue weighted by Gasteiger charge is -2.12. The van der Waals surface area contributed by atoms with E-state index in [4.69, 9.17) is 4.74 Å². The Morgan fingerprint density at radius 2 is 1.70 bits per heavy atom. The number of hydrogen-bond donors (Lipinski definition) is 1. The van der Waals surface area contributed by atoms with Crippen LogP contribution in [-0.4, -0.2) is 63.0 Å². The summed E-state index contributed by atoms with van der Waals surface area (Å²) >= 11 is 1.00. The zero-order valence-electron chi connectivity index (χ0n) is 17.0. The van der Waals surface area contributed by atoms with Gasteiger partial charge in [0.1, 0.15) is 11.6 Å². The Bertz CT molecular complexity index is 1180. The molecule has 9 nitrogen and oxygen atoms in total. The van der Waals surface area contributed by atoms with Crippen molar-refractivity contribution >= 4 is 29.7 Å². The number of halogens is 2. The molecule has 0 unspecified atom stereocenters. The minimum atomic E-state index is -0.690. The van der Waals surface area contributed by atoms with Crippen LogP contribution in [0.1, 0.15) is 0 Å². The van der Waals surface area contributed by atoms with E-state index in [1.807, 2.05) is 0 Å². The average Bonchev–Trinajstić information content (AvgIpc) is 3.43. The van der Waals surface area contributed by atoms with Gasteiger partial charge in [-0.05, 0) is 48.5 Å². The number of thioether (sulfide) groups is 1. The maximum atomic E-state index is 13.4. The van der Waals surface area contributed by atoms with Gasteiger partial charge in [0.15, 0.2) is 17.6 Å². The molecule has 4 rings (SSSR count). The Kier molecular flexibility index (Phi) is 6.63. The van der Waals surface area contributed by atoms with Crippen molar-refractivity contribution in [1.82, 2.24) is 25.0 Å². The number of imide groups is 1. The number of urea groups is 1. The molecule has 3 amide bonds. The first-order valence-electron chi connectivity index (χ1n) is 9.76. The van der Waals surface area contributed by atoms with Gasteiger partial charge in [-0.1, -0.05) is 11.8 Å². The van der Waals surface area contributed by atoms with Crippen molar-refractivity contribution in [3.63, 3.8) is 0 Å². The van der Waals surface area contributed by atoms with Crippen LogP contribution in [0.4, 0.5) is 13.6 Å². The third-order valence-corrected chi connectivity index (χ3v) is 5.56. The maximum absolute atomic E-state index is 13.4. The van der Waals surface area contributed by atoms with Crippen molar-refractivity contribution in [3.05, 3.63) is 60.2 Å². The van der Waals surface area contributed by atoms with Crippen LogP contribution in [-0.2, 0) is 14.3 Å². The fraction of sp³-hybridized carbons (Fsp3) is 0.190. The lowest BCUT2D eigenvalue weighted by atomic mass is 10.2. The smallest absolute Gasteiger partial charge is 0.324 e. The second kappa shape index (κ2) is 9.77. The van der Waals surface area contributed by atoms with Gasteiger partial charge in [0.05, 0.1) is 5.75 Å². The summed E-state index contributed by atoms with van der Waals surface area (Å²) in [7, 11) is 0. The number of nitrogens with one attached hydrogen (secondary N) is 1. The van der Waals surface area contributed by atoms with E-state index in [-0.39, 0.29) is 12.3 Å². The van der Waals surface area contributed by atoms with Gasteiger partial charge in [-0.3, -0.25) is 19.1 Å². The Balaban J connectivity index is 1.48. The Morgan fingerprint density at radius 1 is 1.03 bits per heavy atom. The van der Waals surface area contributed by atoms with Gasteiger partial charge in [-0.25, -0.2) is 13.6 Å². The minimum absolute atomic E-state index is 0.192. The van der Waals surface area contributed by atoms with Crippen molar-refractivity contribution in [2.45, 2.75) is 5.16 Å². The number of aromatic nitrogens is 3. The molecule has 12 heteroatoms. The number of amides is 3. The van der Waals surface area contributed by atoms with Crippen molar-refractivity contribution < 1.29 is 27.9 Å². The fourth-order valence-electron chi connectivity index (χ4n) is 3.07. The number of hydrogen-bond acceptors (Lipinski definition) is 7. The number of benzene rings is 2. The molecular weight excluding hydrogens is 456 g/mol. The van der Waals surface area contributed by atoms with Gasteiger partial charge in [-0.15, -0.1) is 10.2 Å². The topological polar surface area (TPSA) is 106 Å². The lowest BCUT2D eigenvalue weighted by molar-refractivity contribution is -0.148. The van der Waals surface area contributed by atoms with Crippen LogP contribution in [0.5, 0.6) is 0 Å². The summed E-state index contributed by atoms with van der Waals surface area (Å²) in [5.74, 6) is -1.97. The van der Waals surface area contributed by atoms with E-state index in [0.717, 1.165) is 16.7 Å². The van der Waals surface area contributed by atoms with Crippen LogP contribution >= 0.6 is 11.8 Å². The SMILES string of the molecule is O=C(CSc1nnc(-c2ccc(F)cc2)n1-c1ccc(F)cc1)OCC(=O)N1CCNC1=O. The summed E-state index contributed by atoms with van der Waals surface area (Å²) in [6.45, 7) is 0.0129. The highest BCUT2D eigenvalue weighted by molar-refractivity contribution is 7.99. The molecule has 33 heavy (non-hydrogen) atoms. The van der Waals surface area contributed by atoms with E-state index in [9.17, 15) is 23.2 Å². The number of nitrogens with zero attached hydrogens (tertiary/aromatic N) is 4. The highest BCUT2D eigenvalue weighted by Crippen LogP contribution is 2.28. The second-order valence-electron chi connectivity index (χ2n) is 6.85. The molecule has 0 atom stereocenters. The van der Waals surface area contributed by atoms with Crippen LogP contribution in [0.15, 0.2) is 53.7 Å². The average molecular weight is 473 g/mol. The Labute approximate surface area is 190 Å². The van der Waals surface area contributed by atoms with E-state index in [1.54, 1.807) is 4.57 Å². The summed E-state index contributed by atoms with van der Waals surface area (Å²) in [4.78, 5) is 36.6. The third kappa shape index (κ3) is 5.17. The monoisotopic (exact) mass is 473 g/mol. The molecule has 0 saturated carbocycles. The molecule has 2 aromatic carbocycles. The van der Waals surface area contributed by atoms with E-state index >= 15 is 0 Å². The first-order valence-corrected chi connectivity index (χ1v) is 10.7. The maximum Gasteiger partial charge on any atom is 0.324 e. The largest absolute Gasteiger partial charge is 0.455 e. The number of esters is 1. The predicted molar refractivity (Wildman–Crippen MR) is 114 cm³/mol. The van der Waals surface area contributed by atoms with E-state index in [1.165, 1.54) is 48.5 Å². The molecule has 170 valence electrons. The quantitative estimate of drug-likeness (QED) is 0.415. The van der Waals surface area contributed by atoms with Crippen LogP contribution in [0.3, 0.4) is 0 Å². The summed E-state index contributed by atoms with van der Waals surface area (Å²) in [6.07, 6.45) is 0. The van der Waals surface area contributed by atoms with Crippen LogP contribution in [0.2, 0.25) is 0 Å². The zero-order valence-corrected chi connectivity index (χ0v) is 17.8. The Morgan fingerprint density at radius 3 is 2.33 bits per heavy atom. The molecule has 3 aromatic rings. The van der Waals surface area contributed by atoms with Crippen molar-refractivity contribution in [2.24, 2.45) is 0 Å². The van der Waals surface area contributed by atoms with Gasteiger partial charge < -0.3 is 10.1 Å². The van der Waals surface area contributed by atoms with Crippen molar-refractivity contribution in [1.29, 1.82) is 0 Å². The number of carbonyl (C=O) groups is 3. The van der Waals surface area contributed by atoms with Gasteiger partial charge in [0.25, 0.3) is 5.91 Å². The normalized spacial score (nSPS) is 13.2. The van der Waals surface area contributed by atoms with E-state index < -0.39 is 36.1 Å². The molecule has 0 aliphatic carbocycles. The summed E-state index contributed by atoms with van der Waals surface area (Å²) in [5, 5.41) is 11.0. The second-order valence-corrected chi connectivity index (χ2v) is 7.79. The minimum Gasteiger partial charge on any atom is -0.455 e. The zero-order chi connectivity index (χ0) is 23.4. The standard InChI is InChI=1S/C21H17F2N5O4S/c22-14-3-1-13(2-4-14)19-25-26-21(28(19)16-7-5-15(23)6-8-16)33-12-18(30)32-11-17(29)27-10-9-24-20(27)31/h1-8H,9-12H2,(H,24,31). The molecule has 1 aliphatic heterocycles.